The number of halogens is 1. The zero-order valence-corrected chi connectivity index (χ0v) is 16.5. The highest BCUT2D eigenvalue weighted by atomic mass is 19.1. The largest absolute Gasteiger partial charge is 0.385 e. The normalized spacial score (nSPS) is 28.0. The molecule has 0 aliphatic carbocycles. The van der Waals surface area contributed by atoms with Crippen LogP contribution in [0.25, 0.3) is 0 Å². The molecule has 6 nitrogen and oxygen atoms in total. The molecular formula is C20H29FN4O2. The molecule has 27 heavy (non-hydrogen) atoms. The van der Waals surface area contributed by atoms with Gasteiger partial charge in [-0.05, 0) is 57.7 Å². The Kier molecular flexibility index (Phi) is 5.16. The van der Waals surface area contributed by atoms with E-state index in [4.69, 9.17) is 10.5 Å². The van der Waals surface area contributed by atoms with Crippen molar-refractivity contribution in [2.75, 3.05) is 32.1 Å². The van der Waals surface area contributed by atoms with E-state index < -0.39 is 16.8 Å². The first-order chi connectivity index (χ1) is 12.7. The van der Waals surface area contributed by atoms with Crippen molar-refractivity contribution in [1.82, 2.24) is 4.90 Å². The van der Waals surface area contributed by atoms with E-state index in [1.54, 1.807) is 40.0 Å². The summed E-state index contributed by atoms with van der Waals surface area (Å²) in [5.41, 5.74) is 5.07. The van der Waals surface area contributed by atoms with Gasteiger partial charge in [-0.2, -0.15) is 0 Å². The second-order valence-electron chi connectivity index (χ2n) is 8.19. The Labute approximate surface area is 160 Å². The van der Waals surface area contributed by atoms with Crippen LogP contribution in [0.3, 0.4) is 0 Å². The topological polar surface area (TPSA) is 80.0 Å². The minimum absolute atomic E-state index is 0.0962. The van der Waals surface area contributed by atoms with Crippen LogP contribution >= 0.6 is 0 Å². The van der Waals surface area contributed by atoms with E-state index in [9.17, 15) is 9.18 Å². The molecule has 3 N–H and O–H groups in total. The summed E-state index contributed by atoms with van der Waals surface area (Å²) in [5, 5.41) is 3.38. The molecule has 1 unspecified atom stereocenters. The standard InChI is InChI=1S/C20H29FN4O2/c1-19(2)17(26)25(4)18(22)24-20(19,3)15-10-14(7-8-16(15)21)23-11-13-6-5-9-27-12-13/h7-8,10,13,23H,5-6,9,11-12H2,1-4H3,(H2,22,24)/t13?,20-/m1/s1. The molecule has 2 heterocycles. The lowest BCUT2D eigenvalue weighted by atomic mass is 9.67. The molecule has 0 radical (unpaired) electrons. The van der Waals surface area contributed by atoms with Gasteiger partial charge in [0.15, 0.2) is 5.96 Å². The monoisotopic (exact) mass is 376 g/mol. The Bertz CT molecular complexity index is 758. The van der Waals surface area contributed by atoms with Crippen LogP contribution in [0.15, 0.2) is 23.2 Å². The van der Waals surface area contributed by atoms with E-state index in [1.807, 2.05) is 0 Å². The van der Waals surface area contributed by atoms with Gasteiger partial charge in [0.25, 0.3) is 0 Å². The Morgan fingerprint density at radius 1 is 1.41 bits per heavy atom. The lowest BCUT2D eigenvalue weighted by Crippen LogP contribution is -2.58. The molecule has 0 saturated carbocycles. The molecule has 1 amide bonds. The molecule has 2 atom stereocenters. The number of nitrogens with two attached hydrogens (primary N) is 1. The fourth-order valence-corrected chi connectivity index (χ4v) is 3.81. The van der Waals surface area contributed by atoms with Gasteiger partial charge >= 0.3 is 0 Å². The predicted molar refractivity (Wildman–Crippen MR) is 104 cm³/mol. The fourth-order valence-electron chi connectivity index (χ4n) is 3.81. The van der Waals surface area contributed by atoms with Crippen molar-refractivity contribution >= 4 is 17.6 Å². The summed E-state index contributed by atoms with van der Waals surface area (Å²) in [6.07, 6.45) is 2.18. The first kappa shape index (κ1) is 19.6. The van der Waals surface area contributed by atoms with Gasteiger partial charge in [-0.15, -0.1) is 0 Å². The molecule has 1 saturated heterocycles. The molecule has 1 aromatic rings. The van der Waals surface area contributed by atoms with E-state index in [2.05, 4.69) is 10.3 Å². The summed E-state index contributed by atoms with van der Waals surface area (Å²) in [4.78, 5) is 18.6. The first-order valence-electron chi connectivity index (χ1n) is 9.42. The third-order valence-corrected chi connectivity index (χ3v) is 6.08. The maximum absolute atomic E-state index is 14.8. The lowest BCUT2D eigenvalue weighted by Gasteiger charge is -2.46. The third-order valence-electron chi connectivity index (χ3n) is 6.08. The number of ether oxygens (including phenoxy) is 1. The van der Waals surface area contributed by atoms with Crippen LogP contribution in [0.5, 0.6) is 0 Å². The van der Waals surface area contributed by atoms with E-state index in [0.29, 0.717) is 11.5 Å². The molecule has 2 aliphatic heterocycles. The van der Waals surface area contributed by atoms with Crippen LogP contribution in [-0.2, 0) is 15.1 Å². The van der Waals surface area contributed by atoms with Gasteiger partial charge in [0.2, 0.25) is 5.91 Å². The lowest BCUT2D eigenvalue weighted by molar-refractivity contribution is -0.140. The summed E-state index contributed by atoms with van der Waals surface area (Å²) in [7, 11) is 1.59. The highest BCUT2D eigenvalue weighted by Gasteiger charge is 2.53. The number of benzene rings is 1. The van der Waals surface area contributed by atoms with Crippen molar-refractivity contribution in [3.63, 3.8) is 0 Å². The zero-order chi connectivity index (χ0) is 19.8. The number of carbonyl (C=O) groups excluding carboxylic acids is 1. The summed E-state index contributed by atoms with van der Waals surface area (Å²) >= 11 is 0. The zero-order valence-electron chi connectivity index (χ0n) is 16.5. The molecular weight excluding hydrogens is 347 g/mol. The average Bonchev–Trinajstić information content (AvgIpc) is 2.65. The van der Waals surface area contributed by atoms with E-state index >= 15 is 0 Å². The van der Waals surface area contributed by atoms with E-state index in [0.717, 1.165) is 38.3 Å². The van der Waals surface area contributed by atoms with Crippen molar-refractivity contribution < 1.29 is 13.9 Å². The Morgan fingerprint density at radius 3 is 2.81 bits per heavy atom. The molecule has 1 aromatic carbocycles. The molecule has 2 aliphatic rings. The number of hydrogen-bond acceptors (Lipinski definition) is 5. The number of rotatable bonds is 4. The van der Waals surface area contributed by atoms with Gasteiger partial charge in [-0.3, -0.25) is 9.69 Å². The van der Waals surface area contributed by atoms with Gasteiger partial charge in [0.1, 0.15) is 11.4 Å². The van der Waals surface area contributed by atoms with Gasteiger partial charge in [-0.25, -0.2) is 9.38 Å². The number of nitrogens with zero attached hydrogens (tertiary/aromatic N) is 2. The highest BCUT2D eigenvalue weighted by molar-refractivity contribution is 6.01. The molecule has 0 spiro atoms. The second-order valence-corrected chi connectivity index (χ2v) is 8.19. The van der Waals surface area contributed by atoms with Crippen LogP contribution < -0.4 is 11.1 Å². The number of nitrogens with one attached hydrogen (secondary N) is 1. The van der Waals surface area contributed by atoms with Gasteiger partial charge in [0, 0.05) is 31.5 Å². The smallest absolute Gasteiger partial charge is 0.237 e. The summed E-state index contributed by atoms with van der Waals surface area (Å²) < 4.78 is 20.3. The molecule has 1 fully saturated rings. The fraction of sp³-hybridized carbons (Fsp3) is 0.600. The van der Waals surface area contributed by atoms with E-state index in [1.165, 1.54) is 11.0 Å². The minimum atomic E-state index is -1.10. The Balaban J connectivity index is 1.92. The van der Waals surface area contributed by atoms with Crippen LogP contribution in [-0.4, -0.2) is 43.6 Å². The summed E-state index contributed by atoms with van der Waals surface area (Å²) in [6, 6.07) is 4.88. The quantitative estimate of drug-likeness (QED) is 0.847. The first-order valence-corrected chi connectivity index (χ1v) is 9.42. The van der Waals surface area contributed by atoms with Gasteiger partial charge in [-0.1, -0.05) is 0 Å². The van der Waals surface area contributed by atoms with Crippen molar-refractivity contribution in [3.05, 3.63) is 29.6 Å². The number of anilines is 1. The molecule has 0 aromatic heterocycles. The van der Waals surface area contributed by atoms with Gasteiger partial charge in [0.05, 0.1) is 12.0 Å². The molecule has 148 valence electrons. The van der Waals surface area contributed by atoms with Crippen LogP contribution in [0.1, 0.15) is 39.2 Å². The van der Waals surface area contributed by atoms with E-state index in [-0.39, 0.29) is 11.9 Å². The van der Waals surface area contributed by atoms with Crippen LogP contribution in [0.2, 0.25) is 0 Å². The molecule has 3 rings (SSSR count). The van der Waals surface area contributed by atoms with Crippen molar-refractivity contribution in [2.45, 2.75) is 39.2 Å². The predicted octanol–water partition coefficient (Wildman–Crippen LogP) is 2.69. The average molecular weight is 376 g/mol. The second kappa shape index (κ2) is 7.11. The summed E-state index contributed by atoms with van der Waals surface area (Å²) in [6.45, 7) is 7.65. The number of aliphatic imine (C=N–C) groups is 1. The van der Waals surface area contributed by atoms with Gasteiger partial charge < -0.3 is 15.8 Å². The highest BCUT2D eigenvalue weighted by Crippen LogP contribution is 2.47. The van der Waals surface area contributed by atoms with Crippen molar-refractivity contribution in [2.24, 2.45) is 22.1 Å². The maximum atomic E-state index is 14.8. The number of hydrogen-bond donors (Lipinski definition) is 2. The number of guanidine groups is 1. The van der Waals surface area contributed by atoms with Crippen molar-refractivity contribution in [1.29, 1.82) is 0 Å². The number of carbonyl (C=O) groups is 1. The van der Waals surface area contributed by atoms with Crippen LogP contribution in [0.4, 0.5) is 10.1 Å². The Hall–Kier alpha value is -2.15. The maximum Gasteiger partial charge on any atom is 0.237 e. The summed E-state index contributed by atoms with van der Waals surface area (Å²) in [5.74, 6) is -0.0440. The van der Waals surface area contributed by atoms with Crippen LogP contribution in [0, 0.1) is 17.2 Å². The SMILES string of the molecule is CN1C(=O)C(C)(C)[C@@](C)(c2cc(NCC3CCCOC3)ccc2F)N=C1N. The third kappa shape index (κ3) is 3.40. The molecule has 0 bridgehead atoms. The number of amides is 1. The molecule has 7 heteroatoms. The minimum Gasteiger partial charge on any atom is -0.385 e. The van der Waals surface area contributed by atoms with Crippen molar-refractivity contribution in [3.8, 4) is 0 Å². The Morgan fingerprint density at radius 2 is 2.15 bits per heavy atom.